The third-order valence-corrected chi connectivity index (χ3v) is 12.1. The van der Waals surface area contributed by atoms with Crippen LogP contribution in [-0.2, 0) is 0 Å². The summed E-state index contributed by atoms with van der Waals surface area (Å²) in [5, 5.41) is 9.44. The Morgan fingerprint density at radius 1 is 0.241 bits per heavy atom. The van der Waals surface area contributed by atoms with Gasteiger partial charge in [-0.1, -0.05) is 103 Å². The first-order chi connectivity index (χ1) is 28.7. The van der Waals surface area contributed by atoms with E-state index in [1.54, 1.807) is 0 Å². The summed E-state index contributed by atoms with van der Waals surface area (Å²) < 4.78 is 17.9. The second kappa shape index (κ2) is 11.8. The van der Waals surface area contributed by atoms with Crippen molar-refractivity contribution in [2.75, 3.05) is 0 Å². The molecule has 0 saturated heterocycles. The quantitative estimate of drug-likeness (QED) is 0.180. The van der Waals surface area contributed by atoms with Gasteiger partial charge in [0, 0.05) is 66.6 Å². The molecule has 4 aromatic heterocycles. The van der Waals surface area contributed by atoms with E-state index >= 15 is 0 Å². The van der Waals surface area contributed by atoms with Crippen molar-refractivity contribution >= 4 is 87.5 Å². The van der Waals surface area contributed by atoms with Gasteiger partial charge in [-0.2, -0.15) is 0 Å². The largest absolute Gasteiger partial charge is 0.456 e. The van der Waals surface area contributed by atoms with Crippen LogP contribution in [0.1, 0.15) is 0 Å². The second-order valence-electron chi connectivity index (χ2n) is 15.3. The first kappa shape index (κ1) is 31.4. The Morgan fingerprint density at radius 3 is 0.966 bits per heavy atom. The van der Waals surface area contributed by atoms with E-state index in [9.17, 15) is 0 Å². The highest BCUT2D eigenvalue weighted by Gasteiger charge is 2.17. The predicted octanol–water partition coefficient (Wildman–Crippen LogP) is 15.0. The number of hydrogen-bond acceptors (Lipinski definition) is 2. The minimum Gasteiger partial charge on any atom is -0.456 e. The monoisotopic (exact) mass is 740 g/mol. The minimum absolute atomic E-state index is 0.876. The maximum atomic E-state index is 6.62. The van der Waals surface area contributed by atoms with Crippen LogP contribution in [0, 0.1) is 0 Å². The van der Waals surface area contributed by atoms with Gasteiger partial charge in [-0.05, 0) is 101 Å². The van der Waals surface area contributed by atoms with Crippen molar-refractivity contribution in [3.05, 3.63) is 194 Å². The molecule has 9 aromatic carbocycles. The molecule has 58 heavy (non-hydrogen) atoms. The molecule has 0 unspecified atom stereocenters. The zero-order valence-corrected chi connectivity index (χ0v) is 31.2. The number of para-hydroxylation sites is 4. The van der Waals surface area contributed by atoms with Gasteiger partial charge in [-0.3, -0.25) is 0 Å². The second-order valence-corrected chi connectivity index (χ2v) is 15.3. The molecule has 0 bridgehead atoms. The summed E-state index contributed by atoms with van der Waals surface area (Å²) in [6.45, 7) is 0. The van der Waals surface area contributed by atoms with Crippen molar-refractivity contribution in [1.82, 2.24) is 9.13 Å². The Bertz CT molecular complexity index is 3460. The molecule has 0 spiro atoms. The summed E-state index contributed by atoms with van der Waals surface area (Å²) >= 11 is 0. The van der Waals surface area contributed by atoms with E-state index < -0.39 is 0 Å². The van der Waals surface area contributed by atoms with Crippen LogP contribution in [0.2, 0.25) is 0 Å². The molecular formula is C54H32N2O2. The van der Waals surface area contributed by atoms with Gasteiger partial charge in [0.15, 0.2) is 0 Å². The molecule has 0 aliphatic heterocycles. The number of benzene rings is 9. The Kier molecular flexibility index (Phi) is 6.41. The van der Waals surface area contributed by atoms with E-state index in [4.69, 9.17) is 8.83 Å². The summed E-state index contributed by atoms with van der Waals surface area (Å²) in [7, 11) is 0. The van der Waals surface area contributed by atoms with E-state index in [1.807, 2.05) is 0 Å². The molecule has 0 aliphatic rings. The molecule has 4 nitrogen and oxygen atoms in total. The summed E-state index contributed by atoms with van der Waals surface area (Å²) in [5.74, 6) is 0. The molecule has 0 amide bonds. The lowest BCUT2D eigenvalue weighted by Gasteiger charge is -2.07. The van der Waals surface area contributed by atoms with Crippen LogP contribution in [0.5, 0.6) is 0 Å². The fourth-order valence-corrected chi connectivity index (χ4v) is 9.45. The molecule has 13 rings (SSSR count). The molecule has 0 N–H and O–H groups in total. The van der Waals surface area contributed by atoms with Crippen LogP contribution >= 0.6 is 0 Å². The van der Waals surface area contributed by atoms with Gasteiger partial charge in [-0.25, -0.2) is 0 Å². The SMILES string of the molecule is c1cc(-c2ccc3c(c2)oc2cc(-n4c5ccccc5c5ccccc54)ccc23)cc(-c2ccc3c(c2)oc2cc(-n4c5ccccc5c5ccccc54)ccc23)c1. The van der Waals surface area contributed by atoms with Gasteiger partial charge in [-0.15, -0.1) is 0 Å². The Balaban J connectivity index is 0.860. The fraction of sp³-hybridized carbons (Fsp3) is 0. The highest BCUT2D eigenvalue weighted by atomic mass is 16.3. The molecular weight excluding hydrogens is 709 g/mol. The molecule has 4 heterocycles. The van der Waals surface area contributed by atoms with E-state index in [0.29, 0.717) is 0 Å². The molecule has 270 valence electrons. The summed E-state index contributed by atoms with van der Waals surface area (Å²) in [6, 6.07) is 69.4. The van der Waals surface area contributed by atoms with Crippen molar-refractivity contribution in [2.24, 2.45) is 0 Å². The average Bonchev–Trinajstić information content (AvgIpc) is 4.03. The van der Waals surface area contributed by atoms with E-state index in [0.717, 1.165) is 77.5 Å². The van der Waals surface area contributed by atoms with Crippen molar-refractivity contribution in [3.8, 4) is 33.6 Å². The van der Waals surface area contributed by atoms with Crippen LogP contribution in [0.15, 0.2) is 203 Å². The molecule has 0 fully saturated rings. The summed E-state index contributed by atoms with van der Waals surface area (Å²) in [6.07, 6.45) is 0. The predicted molar refractivity (Wildman–Crippen MR) is 241 cm³/mol. The topological polar surface area (TPSA) is 36.1 Å². The smallest absolute Gasteiger partial charge is 0.137 e. The van der Waals surface area contributed by atoms with Crippen LogP contribution < -0.4 is 0 Å². The number of fused-ring (bicyclic) bond motifs is 12. The van der Waals surface area contributed by atoms with Gasteiger partial charge in [0.2, 0.25) is 0 Å². The van der Waals surface area contributed by atoms with Gasteiger partial charge in [0.25, 0.3) is 0 Å². The summed E-state index contributed by atoms with van der Waals surface area (Å²) in [4.78, 5) is 0. The highest BCUT2D eigenvalue weighted by Crippen LogP contribution is 2.39. The first-order valence-electron chi connectivity index (χ1n) is 19.7. The lowest BCUT2D eigenvalue weighted by atomic mass is 9.97. The lowest BCUT2D eigenvalue weighted by Crippen LogP contribution is -1.93. The molecule has 0 radical (unpaired) electrons. The van der Waals surface area contributed by atoms with Gasteiger partial charge >= 0.3 is 0 Å². The number of nitrogens with zero attached hydrogens (tertiary/aromatic N) is 2. The molecule has 0 atom stereocenters. The van der Waals surface area contributed by atoms with Crippen LogP contribution in [0.4, 0.5) is 0 Å². The zero-order chi connectivity index (χ0) is 37.9. The maximum Gasteiger partial charge on any atom is 0.137 e. The number of hydrogen-bond donors (Lipinski definition) is 0. The van der Waals surface area contributed by atoms with Crippen LogP contribution in [-0.4, -0.2) is 9.13 Å². The fourth-order valence-electron chi connectivity index (χ4n) is 9.45. The van der Waals surface area contributed by atoms with Crippen LogP contribution in [0.25, 0.3) is 121 Å². The molecule has 4 heteroatoms. The van der Waals surface area contributed by atoms with E-state index in [1.165, 1.54) is 43.6 Å². The Hall–Kier alpha value is -7.82. The minimum atomic E-state index is 0.876. The first-order valence-corrected chi connectivity index (χ1v) is 19.7. The Morgan fingerprint density at radius 2 is 0.569 bits per heavy atom. The van der Waals surface area contributed by atoms with Crippen molar-refractivity contribution < 1.29 is 8.83 Å². The van der Waals surface area contributed by atoms with Crippen molar-refractivity contribution in [2.45, 2.75) is 0 Å². The van der Waals surface area contributed by atoms with Crippen molar-refractivity contribution in [3.63, 3.8) is 0 Å². The summed E-state index contributed by atoms with van der Waals surface area (Å²) in [5.41, 5.74) is 14.9. The molecule has 13 aromatic rings. The van der Waals surface area contributed by atoms with Gasteiger partial charge in [0.1, 0.15) is 22.3 Å². The number of furan rings is 2. The maximum absolute atomic E-state index is 6.62. The number of rotatable bonds is 4. The van der Waals surface area contributed by atoms with Crippen LogP contribution in [0.3, 0.4) is 0 Å². The van der Waals surface area contributed by atoms with E-state index in [2.05, 4.69) is 203 Å². The zero-order valence-electron chi connectivity index (χ0n) is 31.2. The third-order valence-electron chi connectivity index (χ3n) is 12.1. The van der Waals surface area contributed by atoms with Gasteiger partial charge < -0.3 is 18.0 Å². The molecule has 0 aliphatic carbocycles. The lowest BCUT2D eigenvalue weighted by molar-refractivity contribution is 0.668. The standard InChI is InChI=1S/C54H32N2O2/c1-5-16-47-39(12-1)40-13-2-6-17-48(40)55(47)37-22-26-45-43-24-20-35(29-51(43)57-53(45)31-37)33-10-9-11-34(28-33)36-21-25-44-46-27-23-38(32-54(46)58-52(44)30-36)56-49-18-7-3-14-41(49)42-15-4-8-19-50(42)56/h1-32H. The van der Waals surface area contributed by atoms with E-state index in [-0.39, 0.29) is 0 Å². The normalized spacial score (nSPS) is 12.1. The molecule has 0 saturated carbocycles. The number of aromatic nitrogens is 2. The average molecular weight is 741 g/mol. The Labute approximate surface area is 332 Å². The third kappa shape index (κ3) is 4.51. The van der Waals surface area contributed by atoms with Gasteiger partial charge in [0.05, 0.1) is 22.1 Å². The highest BCUT2D eigenvalue weighted by molar-refractivity contribution is 6.12. The van der Waals surface area contributed by atoms with Crippen molar-refractivity contribution in [1.29, 1.82) is 0 Å².